The van der Waals surface area contributed by atoms with Gasteiger partial charge in [-0.3, -0.25) is 0 Å². The van der Waals surface area contributed by atoms with Crippen LogP contribution in [-0.4, -0.2) is 5.11 Å². The largest absolute Gasteiger partial charge is 0.508 e. The maximum absolute atomic E-state index is 12.9. The average molecular weight is 179 g/mol. The van der Waals surface area contributed by atoms with Gasteiger partial charge in [-0.2, -0.15) is 5.26 Å². The van der Waals surface area contributed by atoms with Crippen molar-refractivity contribution in [3.8, 4) is 11.8 Å². The fourth-order valence-corrected chi connectivity index (χ4v) is 1.12. The fraction of sp³-hybridized carbons (Fsp3) is 0.300. The quantitative estimate of drug-likeness (QED) is 0.757. The topological polar surface area (TPSA) is 44.0 Å². The molecule has 0 aliphatic rings. The molecule has 0 bridgehead atoms. The molecule has 1 rings (SSSR count). The summed E-state index contributed by atoms with van der Waals surface area (Å²) in [5.74, 6) is -0.0586. The van der Waals surface area contributed by atoms with Crippen molar-refractivity contribution in [1.82, 2.24) is 0 Å². The number of nitrogens with zero attached hydrogens (tertiary/aromatic N) is 1. The monoisotopic (exact) mass is 179 g/mol. The van der Waals surface area contributed by atoms with Crippen molar-refractivity contribution in [3.05, 3.63) is 29.3 Å². The van der Waals surface area contributed by atoms with Gasteiger partial charge in [0.25, 0.3) is 0 Å². The Bertz CT molecular complexity index is 341. The molecule has 0 spiro atoms. The molecule has 0 heterocycles. The molecule has 1 aromatic carbocycles. The summed E-state index contributed by atoms with van der Waals surface area (Å²) in [5, 5.41) is 17.7. The van der Waals surface area contributed by atoms with Crippen LogP contribution in [-0.2, 0) is 6.42 Å². The molecule has 0 saturated carbocycles. The van der Waals surface area contributed by atoms with Crippen LogP contribution < -0.4 is 0 Å². The number of hydrogen-bond donors (Lipinski definition) is 1. The average Bonchev–Trinajstić information content (AvgIpc) is 2.08. The highest BCUT2D eigenvalue weighted by Gasteiger charge is 2.09. The number of phenols is 1. The minimum Gasteiger partial charge on any atom is -0.508 e. The molecule has 0 radical (unpaired) electrons. The van der Waals surface area contributed by atoms with Crippen molar-refractivity contribution in [2.45, 2.75) is 19.5 Å². The highest BCUT2D eigenvalue weighted by Crippen LogP contribution is 2.27. The molecular formula is C10H10FNO. The molecule has 0 aliphatic carbocycles. The molecule has 1 aromatic rings. The summed E-state index contributed by atoms with van der Waals surface area (Å²) in [7, 11) is 0. The van der Waals surface area contributed by atoms with E-state index in [9.17, 15) is 9.50 Å². The standard InChI is InChI=1S/C10H10FNO/c1-7(11)9-6-8(4-5-12)2-3-10(9)13/h2-3,6-7,13H,4H2,1H3. The van der Waals surface area contributed by atoms with E-state index >= 15 is 0 Å². The number of halogens is 1. The zero-order valence-electron chi connectivity index (χ0n) is 7.29. The molecule has 0 aromatic heterocycles. The van der Waals surface area contributed by atoms with Crippen LogP contribution in [0.3, 0.4) is 0 Å². The smallest absolute Gasteiger partial charge is 0.126 e. The van der Waals surface area contributed by atoms with Gasteiger partial charge in [-0.1, -0.05) is 6.07 Å². The van der Waals surface area contributed by atoms with Crippen LogP contribution >= 0.6 is 0 Å². The summed E-state index contributed by atoms with van der Waals surface area (Å²) in [6, 6.07) is 6.51. The van der Waals surface area contributed by atoms with E-state index in [4.69, 9.17) is 5.26 Å². The van der Waals surface area contributed by atoms with Crippen LogP contribution in [0.5, 0.6) is 5.75 Å². The Morgan fingerprint density at radius 1 is 1.62 bits per heavy atom. The van der Waals surface area contributed by atoms with Gasteiger partial charge in [0.1, 0.15) is 11.9 Å². The lowest BCUT2D eigenvalue weighted by Gasteiger charge is -2.06. The van der Waals surface area contributed by atoms with Gasteiger partial charge in [0, 0.05) is 5.56 Å². The normalized spacial score (nSPS) is 12.1. The van der Waals surface area contributed by atoms with Crippen molar-refractivity contribution in [2.24, 2.45) is 0 Å². The number of alkyl halides is 1. The number of benzene rings is 1. The number of rotatable bonds is 2. The van der Waals surface area contributed by atoms with Gasteiger partial charge in [0.05, 0.1) is 12.5 Å². The Morgan fingerprint density at radius 3 is 2.85 bits per heavy atom. The van der Waals surface area contributed by atoms with E-state index in [0.29, 0.717) is 0 Å². The summed E-state index contributed by atoms with van der Waals surface area (Å²) < 4.78 is 12.9. The molecule has 3 heteroatoms. The Hall–Kier alpha value is -1.56. The fourth-order valence-electron chi connectivity index (χ4n) is 1.12. The third-order valence-corrected chi connectivity index (χ3v) is 1.80. The minimum absolute atomic E-state index is 0.0586. The predicted molar refractivity (Wildman–Crippen MR) is 46.9 cm³/mol. The third-order valence-electron chi connectivity index (χ3n) is 1.80. The Kier molecular flexibility index (Phi) is 2.86. The van der Waals surface area contributed by atoms with E-state index in [1.807, 2.05) is 6.07 Å². The van der Waals surface area contributed by atoms with Gasteiger partial charge >= 0.3 is 0 Å². The second kappa shape index (κ2) is 3.90. The van der Waals surface area contributed by atoms with Crippen LogP contribution in [0.1, 0.15) is 24.2 Å². The van der Waals surface area contributed by atoms with Crippen LogP contribution in [0.15, 0.2) is 18.2 Å². The number of phenolic OH excluding ortho intramolecular Hbond substituents is 1. The zero-order chi connectivity index (χ0) is 9.84. The van der Waals surface area contributed by atoms with E-state index in [0.717, 1.165) is 5.56 Å². The molecule has 13 heavy (non-hydrogen) atoms. The molecule has 1 atom stereocenters. The van der Waals surface area contributed by atoms with Crippen LogP contribution in [0.2, 0.25) is 0 Å². The third kappa shape index (κ3) is 2.19. The summed E-state index contributed by atoms with van der Waals surface area (Å²) in [4.78, 5) is 0. The lowest BCUT2D eigenvalue weighted by molar-refractivity contribution is 0.356. The highest BCUT2D eigenvalue weighted by molar-refractivity contribution is 5.38. The molecule has 0 amide bonds. The summed E-state index contributed by atoms with van der Waals surface area (Å²) >= 11 is 0. The molecule has 2 nitrogen and oxygen atoms in total. The second-order valence-corrected chi connectivity index (χ2v) is 2.84. The summed E-state index contributed by atoms with van der Waals surface area (Å²) in [5.41, 5.74) is 0.965. The van der Waals surface area contributed by atoms with Gasteiger partial charge in [-0.25, -0.2) is 4.39 Å². The number of nitriles is 1. The van der Waals surface area contributed by atoms with Crippen LogP contribution in [0.4, 0.5) is 4.39 Å². The van der Waals surface area contributed by atoms with Crippen molar-refractivity contribution in [2.75, 3.05) is 0 Å². The Morgan fingerprint density at radius 2 is 2.31 bits per heavy atom. The first-order chi connectivity index (χ1) is 6.15. The van der Waals surface area contributed by atoms with E-state index in [2.05, 4.69) is 0 Å². The van der Waals surface area contributed by atoms with Gasteiger partial charge in [0.15, 0.2) is 0 Å². The van der Waals surface area contributed by atoms with Crippen molar-refractivity contribution >= 4 is 0 Å². The first-order valence-corrected chi connectivity index (χ1v) is 3.98. The second-order valence-electron chi connectivity index (χ2n) is 2.84. The van der Waals surface area contributed by atoms with Crippen LogP contribution in [0, 0.1) is 11.3 Å². The Labute approximate surface area is 76.2 Å². The minimum atomic E-state index is -1.21. The maximum atomic E-state index is 12.9. The van der Waals surface area contributed by atoms with Crippen LogP contribution in [0.25, 0.3) is 0 Å². The van der Waals surface area contributed by atoms with Crippen molar-refractivity contribution in [1.29, 1.82) is 5.26 Å². The maximum Gasteiger partial charge on any atom is 0.126 e. The Balaban J connectivity index is 3.05. The molecule has 0 saturated heterocycles. The first-order valence-electron chi connectivity index (χ1n) is 3.98. The summed E-state index contributed by atoms with van der Waals surface area (Å²) in [6.07, 6.45) is -0.973. The molecule has 1 N–H and O–H groups in total. The lowest BCUT2D eigenvalue weighted by atomic mass is 10.0. The van der Waals surface area contributed by atoms with Gasteiger partial charge < -0.3 is 5.11 Å². The van der Waals surface area contributed by atoms with E-state index in [-0.39, 0.29) is 17.7 Å². The van der Waals surface area contributed by atoms with E-state index < -0.39 is 6.17 Å². The lowest BCUT2D eigenvalue weighted by Crippen LogP contribution is -1.90. The predicted octanol–water partition coefficient (Wildman–Crippen LogP) is 2.49. The SMILES string of the molecule is CC(F)c1cc(CC#N)ccc1O. The molecule has 1 unspecified atom stereocenters. The first kappa shape index (κ1) is 9.53. The molecule has 68 valence electrons. The van der Waals surface area contributed by atoms with Gasteiger partial charge in [-0.15, -0.1) is 0 Å². The molecule has 0 aliphatic heterocycles. The summed E-state index contributed by atoms with van der Waals surface area (Å²) in [6.45, 7) is 1.35. The number of hydrogen-bond acceptors (Lipinski definition) is 2. The molecule has 0 fully saturated rings. The van der Waals surface area contributed by atoms with Gasteiger partial charge in [-0.05, 0) is 24.6 Å². The van der Waals surface area contributed by atoms with Crippen molar-refractivity contribution < 1.29 is 9.50 Å². The number of aromatic hydroxyl groups is 1. The van der Waals surface area contributed by atoms with Gasteiger partial charge in [0.2, 0.25) is 0 Å². The van der Waals surface area contributed by atoms with Crippen molar-refractivity contribution in [3.63, 3.8) is 0 Å². The van der Waals surface area contributed by atoms with E-state index in [1.54, 1.807) is 6.07 Å². The zero-order valence-corrected chi connectivity index (χ0v) is 7.29. The van der Waals surface area contributed by atoms with E-state index in [1.165, 1.54) is 19.1 Å². The highest BCUT2D eigenvalue weighted by atomic mass is 19.1. The molecular weight excluding hydrogens is 169 g/mol.